The van der Waals surface area contributed by atoms with E-state index in [1.807, 2.05) is 12.1 Å². The molecule has 0 aliphatic carbocycles. The molecule has 1 N–H and O–H groups in total. The molecule has 3 rings (SSSR count). The molecule has 0 spiro atoms. The molecule has 6 heteroatoms. The second-order valence-electron chi connectivity index (χ2n) is 4.22. The molecule has 96 valence electrons. The number of hydrogen-bond donors (Lipinski definition) is 1. The van der Waals surface area contributed by atoms with Gasteiger partial charge in [0.15, 0.2) is 0 Å². The number of pyridine rings is 1. The van der Waals surface area contributed by atoms with Gasteiger partial charge in [0.25, 0.3) is 0 Å². The molecular weight excluding hydrogens is 252 g/mol. The largest absolute Gasteiger partial charge is 0.339 e. The van der Waals surface area contributed by atoms with E-state index in [0.29, 0.717) is 11.7 Å². The van der Waals surface area contributed by atoms with Crippen molar-refractivity contribution < 1.29 is 4.52 Å². The number of nitrogens with zero attached hydrogens (tertiary/aromatic N) is 3. The van der Waals surface area contributed by atoms with Crippen molar-refractivity contribution in [2.45, 2.75) is 18.8 Å². The summed E-state index contributed by atoms with van der Waals surface area (Å²) >= 11 is 0. The average molecular weight is 267 g/mol. The van der Waals surface area contributed by atoms with E-state index in [2.05, 4.69) is 20.4 Å². The van der Waals surface area contributed by atoms with Crippen molar-refractivity contribution in [1.82, 2.24) is 20.4 Å². The summed E-state index contributed by atoms with van der Waals surface area (Å²) in [5.41, 5.74) is 0.899. The minimum absolute atomic E-state index is 0. The third-order valence-corrected chi connectivity index (χ3v) is 3.05. The van der Waals surface area contributed by atoms with Crippen molar-refractivity contribution in [2.75, 3.05) is 13.1 Å². The Balaban J connectivity index is 0.00000120. The van der Waals surface area contributed by atoms with Gasteiger partial charge in [0, 0.05) is 23.9 Å². The zero-order valence-corrected chi connectivity index (χ0v) is 10.7. The van der Waals surface area contributed by atoms with Gasteiger partial charge in [-0.15, -0.1) is 12.4 Å². The maximum absolute atomic E-state index is 5.34. The normalized spacial score (nSPS) is 16.2. The lowest BCUT2D eigenvalue weighted by molar-refractivity contribution is 0.320. The third kappa shape index (κ3) is 2.68. The fourth-order valence-corrected chi connectivity index (χ4v) is 2.08. The Morgan fingerprint density at radius 1 is 1.28 bits per heavy atom. The fraction of sp³-hybridized carbons (Fsp3) is 0.417. The first kappa shape index (κ1) is 13.0. The molecule has 0 unspecified atom stereocenters. The maximum atomic E-state index is 5.34. The molecule has 0 aromatic carbocycles. The van der Waals surface area contributed by atoms with Gasteiger partial charge >= 0.3 is 0 Å². The van der Waals surface area contributed by atoms with Crippen LogP contribution in [0, 0.1) is 0 Å². The van der Waals surface area contributed by atoms with Gasteiger partial charge in [0.05, 0.1) is 0 Å². The van der Waals surface area contributed by atoms with Crippen LogP contribution in [0.3, 0.4) is 0 Å². The molecule has 5 nitrogen and oxygen atoms in total. The van der Waals surface area contributed by atoms with E-state index in [4.69, 9.17) is 4.52 Å². The molecule has 3 heterocycles. The Morgan fingerprint density at radius 2 is 2.11 bits per heavy atom. The van der Waals surface area contributed by atoms with E-state index in [1.165, 1.54) is 0 Å². The van der Waals surface area contributed by atoms with E-state index in [0.717, 1.165) is 37.4 Å². The molecule has 1 fully saturated rings. The highest BCUT2D eigenvalue weighted by Crippen LogP contribution is 2.25. The number of halogens is 1. The summed E-state index contributed by atoms with van der Waals surface area (Å²) in [6, 6.07) is 3.81. The van der Waals surface area contributed by atoms with Crippen molar-refractivity contribution in [3.8, 4) is 11.4 Å². The first-order valence-corrected chi connectivity index (χ1v) is 5.88. The average Bonchev–Trinajstić information content (AvgIpc) is 2.90. The van der Waals surface area contributed by atoms with Crippen molar-refractivity contribution in [2.24, 2.45) is 0 Å². The fourth-order valence-electron chi connectivity index (χ4n) is 2.08. The predicted molar refractivity (Wildman–Crippen MR) is 69.6 cm³/mol. The summed E-state index contributed by atoms with van der Waals surface area (Å²) in [7, 11) is 0. The number of aromatic nitrogens is 3. The van der Waals surface area contributed by atoms with Gasteiger partial charge in [0.1, 0.15) is 0 Å². The Kier molecular flexibility index (Phi) is 4.28. The monoisotopic (exact) mass is 266 g/mol. The molecule has 1 aliphatic heterocycles. The van der Waals surface area contributed by atoms with Gasteiger partial charge in [-0.05, 0) is 38.1 Å². The molecule has 0 amide bonds. The van der Waals surface area contributed by atoms with Crippen LogP contribution < -0.4 is 5.32 Å². The molecule has 1 saturated heterocycles. The summed E-state index contributed by atoms with van der Waals surface area (Å²) in [5, 5.41) is 7.34. The minimum atomic E-state index is 0. The van der Waals surface area contributed by atoms with Gasteiger partial charge in [-0.3, -0.25) is 4.98 Å². The van der Waals surface area contributed by atoms with Gasteiger partial charge in [-0.2, -0.15) is 4.98 Å². The van der Waals surface area contributed by atoms with Crippen LogP contribution in [-0.2, 0) is 0 Å². The Morgan fingerprint density at radius 3 is 2.83 bits per heavy atom. The van der Waals surface area contributed by atoms with Crippen LogP contribution in [0.1, 0.15) is 24.7 Å². The zero-order valence-electron chi connectivity index (χ0n) is 9.87. The first-order valence-electron chi connectivity index (χ1n) is 5.88. The molecule has 1 aliphatic rings. The van der Waals surface area contributed by atoms with Crippen LogP contribution in [0.25, 0.3) is 11.4 Å². The van der Waals surface area contributed by atoms with Crippen molar-refractivity contribution >= 4 is 12.4 Å². The van der Waals surface area contributed by atoms with Crippen molar-refractivity contribution in [1.29, 1.82) is 0 Å². The Bertz CT molecular complexity index is 482. The van der Waals surface area contributed by atoms with Crippen LogP contribution in [0.5, 0.6) is 0 Å². The zero-order chi connectivity index (χ0) is 11.5. The topological polar surface area (TPSA) is 63.8 Å². The summed E-state index contributed by atoms with van der Waals surface area (Å²) in [6.07, 6.45) is 5.61. The lowest BCUT2D eigenvalue weighted by Gasteiger charge is -2.18. The molecule has 18 heavy (non-hydrogen) atoms. The Labute approximate surface area is 111 Å². The first-order chi connectivity index (χ1) is 8.43. The minimum Gasteiger partial charge on any atom is -0.339 e. The molecule has 0 saturated carbocycles. The van der Waals surface area contributed by atoms with Crippen LogP contribution in [0.2, 0.25) is 0 Å². The van der Waals surface area contributed by atoms with E-state index in [-0.39, 0.29) is 12.4 Å². The van der Waals surface area contributed by atoms with Gasteiger partial charge in [0.2, 0.25) is 11.7 Å². The molecule has 2 aromatic heterocycles. The lowest BCUT2D eigenvalue weighted by atomic mass is 9.98. The number of rotatable bonds is 2. The Hall–Kier alpha value is -1.46. The lowest BCUT2D eigenvalue weighted by Crippen LogP contribution is -2.26. The van der Waals surface area contributed by atoms with E-state index < -0.39 is 0 Å². The summed E-state index contributed by atoms with van der Waals surface area (Å²) in [4.78, 5) is 8.51. The van der Waals surface area contributed by atoms with E-state index in [9.17, 15) is 0 Å². The second-order valence-corrected chi connectivity index (χ2v) is 4.22. The quantitative estimate of drug-likeness (QED) is 0.901. The van der Waals surface area contributed by atoms with Gasteiger partial charge in [-0.1, -0.05) is 5.16 Å². The van der Waals surface area contributed by atoms with E-state index in [1.54, 1.807) is 12.4 Å². The highest BCUT2D eigenvalue weighted by Gasteiger charge is 2.21. The van der Waals surface area contributed by atoms with Crippen LogP contribution in [-0.4, -0.2) is 28.2 Å². The van der Waals surface area contributed by atoms with E-state index >= 15 is 0 Å². The highest BCUT2D eigenvalue weighted by molar-refractivity contribution is 5.85. The van der Waals surface area contributed by atoms with Crippen molar-refractivity contribution in [3.63, 3.8) is 0 Å². The smallest absolute Gasteiger partial charge is 0.230 e. The molecule has 2 aromatic rings. The van der Waals surface area contributed by atoms with Crippen LogP contribution in [0.4, 0.5) is 0 Å². The summed E-state index contributed by atoms with van der Waals surface area (Å²) < 4.78 is 5.34. The molecule has 0 bridgehead atoms. The molecular formula is C12H15ClN4O. The van der Waals surface area contributed by atoms with Crippen LogP contribution in [0.15, 0.2) is 29.0 Å². The van der Waals surface area contributed by atoms with Crippen LogP contribution >= 0.6 is 12.4 Å². The molecule has 0 radical (unpaired) electrons. The SMILES string of the molecule is Cl.c1cncc(-c2noc(C3CCNCC3)n2)c1. The highest BCUT2D eigenvalue weighted by atomic mass is 35.5. The van der Waals surface area contributed by atoms with Crippen molar-refractivity contribution in [3.05, 3.63) is 30.4 Å². The maximum Gasteiger partial charge on any atom is 0.230 e. The summed E-state index contributed by atoms with van der Waals surface area (Å²) in [5.74, 6) is 1.78. The standard InChI is InChI=1S/C12H14N4O.ClH/c1-2-10(8-14-5-1)11-15-12(17-16-11)9-3-6-13-7-4-9;/h1-2,5,8-9,13H,3-4,6-7H2;1H. The number of nitrogens with one attached hydrogen (secondary N) is 1. The number of piperidine rings is 1. The number of hydrogen-bond acceptors (Lipinski definition) is 5. The van der Waals surface area contributed by atoms with Gasteiger partial charge < -0.3 is 9.84 Å². The summed E-state index contributed by atoms with van der Waals surface area (Å²) in [6.45, 7) is 2.05. The van der Waals surface area contributed by atoms with Gasteiger partial charge in [-0.25, -0.2) is 0 Å². The second kappa shape index (κ2) is 5.93. The third-order valence-electron chi connectivity index (χ3n) is 3.05. The predicted octanol–water partition coefficient (Wildman–Crippen LogP) is 2.02. The molecule has 0 atom stereocenters.